The minimum Gasteiger partial charge on any atom is -0.462 e. The van der Waals surface area contributed by atoms with Gasteiger partial charge in [-0.3, -0.25) is 9.59 Å². The van der Waals surface area contributed by atoms with Gasteiger partial charge < -0.3 is 4.74 Å². The van der Waals surface area contributed by atoms with Gasteiger partial charge >= 0.3 is 5.97 Å². The lowest BCUT2D eigenvalue weighted by atomic mass is 10.0. The van der Waals surface area contributed by atoms with E-state index in [2.05, 4.69) is 13.8 Å². The van der Waals surface area contributed by atoms with Gasteiger partial charge in [-0.1, -0.05) is 162 Å². The van der Waals surface area contributed by atoms with Crippen LogP contribution in [0.15, 0.2) is 0 Å². The van der Waals surface area contributed by atoms with Gasteiger partial charge in [0.25, 0.3) is 0 Å². The van der Waals surface area contributed by atoms with E-state index in [-0.39, 0.29) is 18.5 Å². The smallest absolute Gasteiger partial charge is 0.306 e. The summed E-state index contributed by atoms with van der Waals surface area (Å²) in [5, 5.41) is 0. The van der Waals surface area contributed by atoms with Crippen LogP contribution in [0.4, 0.5) is 0 Å². The average molecular weight is 508 g/mol. The first-order valence-corrected chi connectivity index (χ1v) is 16.3. The summed E-state index contributed by atoms with van der Waals surface area (Å²) >= 11 is 0. The molecule has 0 fully saturated rings. The van der Waals surface area contributed by atoms with Crippen LogP contribution in [0.25, 0.3) is 0 Å². The predicted octanol–water partition coefficient (Wildman–Crippen LogP) is 11.0. The van der Waals surface area contributed by atoms with Crippen LogP contribution in [0.5, 0.6) is 0 Å². The summed E-state index contributed by atoms with van der Waals surface area (Å²) in [6, 6.07) is 0. The maximum Gasteiger partial charge on any atom is 0.306 e. The van der Waals surface area contributed by atoms with Crippen LogP contribution in [-0.2, 0) is 14.3 Å². The summed E-state index contributed by atoms with van der Waals surface area (Å²) in [4.78, 5) is 23.0. The molecule has 0 aromatic rings. The molecule has 0 amide bonds. The van der Waals surface area contributed by atoms with Gasteiger partial charge in [0, 0.05) is 6.42 Å². The van der Waals surface area contributed by atoms with Crippen LogP contribution in [0.3, 0.4) is 0 Å². The van der Waals surface area contributed by atoms with Gasteiger partial charge in [0.05, 0.1) is 6.42 Å². The number of hydrogen-bond donors (Lipinski definition) is 0. The molecule has 3 heteroatoms. The van der Waals surface area contributed by atoms with Gasteiger partial charge in [0.15, 0.2) is 0 Å². The van der Waals surface area contributed by atoms with E-state index in [1.54, 1.807) is 0 Å². The molecule has 0 aromatic heterocycles. The Hall–Kier alpha value is -0.860. The molecule has 0 spiro atoms. The molecule has 0 aliphatic heterocycles. The molecule has 0 saturated heterocycles. The first-order chi connectivity index (χ1) is 17.7. The van der Waals surface area contributed by atoms with Crippen molar-refractivity contribution in [3.05, 3.63) is 0 Å². The molecule has 1 radical (unpaired) electrons. The maximum absolute atomic E-state index is 12.2. The fraction of sp³-hybridized carbons (Fsp3) is 0.939. The van der Waals surface area contributed by atoms with Crippen molar-refractivity contribution in [1.82, 2.24) is 0 Å². The number of rotatable bonds is 30. The van der Waals surface area contributed by atoms with Crippen molar-refractivity contribution in [2.75, 3.05) is 0 Å². The van der Waals surface area contributed by atoms with E-state index < -0.39 is 0 Å². The van der Waals surface area contributed by atoms with Crippen LogP contribution in [0.1, 0.15) is 194 Å². The SMILES string of the molecule is CCCCCCCCCCCCCCCCCCCC(=O)OC(C[C]=O)CCCCCCCCCC. The second-order valence-electron chi connectivity index (χ2n) is 11.1. The summed E-state index contributed by atoms with van der Waals surface area (Å²) in [7, 11) is 0. The number of unbranched alkanes of at least 4 members (excludes halogenated alkanes) is 23. The molecule has 0 heterocycles. The molecule has 0 aliphatic carbocycles. The van der Waals surface area contributed by atoms with E-state index in [4.69, 9.17) is 4.74 Å². The monoisotopic (exact) mass is 507 g/mol. The zero-order valence-corrected chi connectivity index (χ0v) is 24.6. The van der Waals surface area contributed by atoms with Crippen LogP contribution in [-0.4, -0.2) is 18.4 Å². The second-order valence-corrected chi connectivity index (χ2v) is 11.1. The highest BCUT2D eigenvalue weighted by molar-refractivity contribution is 5.69. The summed E-state index contributed by atoms with van der Waals surface area (Å²) in [6.45, 7) is 4.53. The molecule has 0 bridgehead atoms. The van der Waals surface area contributed by atoms with Crippen LogP contribution < -0.4 is 0 Å². The van der Waals surface area contributed by atoms with Crippen molar-refractivity contribution in [2.45, 2.75) is 200 Å². The summed E-state index contributed by atoms with van der Waals surface area (Å²) in [5.74, 6) is -0.129. The van der Waals surface area contributed by atoms with Gasteiger partial charge in [0.2, 0.25) is 6.29 Å². The zero-order chi connectivity index (χ0) is 26.4. The summed E-state index contributed by atoms with van der Waals surface area (Å²) in [5.41, 5.74) is 0. The van der Waals surface area contributed by atoms with E-state index in [0.717, 1.165) is 32.1 Å². The van der Waals surface area contributed by atoms with Gasteiger partial charge in [-0.25, -0.2) is 0 Å². The third-order valence-corrected chi connectivity index (χ3v) is 7.47. The Morgan fingerprint density at radius 3 is 1.22 bits per heavy atom. The first-order valence-electron chi connectivity index (χ1n) is 16.3. The molecule has 0 aromatic carbocycles. The third kappa shape index (κ3) is 27.7. The van der Waals surface area contributed by atoms with E-state index >= 15 is 0 Å². The molecule has 0 saturated carbocycles. The maximum atomic E-state index is 12.2. The Bertz CT molecular complexity index is 448. The molecule has 36 heavy (non-hydrogen) atoms. The van der Waals surface area contributed by atoms with Crippen LogP contribution >= 0.6 is 0 Å². The Balaban J connectivity index is 3.46. The molecule has 3 nitrogen and oxygen atoms in total. The Labute approximate surface area is 226 Å². The van der Waals surface area contributed by atoms with Crippen LogP contribution in [0.2, 0.25) is 0 Å². The van der Waals surface area contributed by atoms with Gasteiger partial charge in [0.1, 0.15) is 6.10 Å². The van der Waals surface area contributed by atoms with Gasteiger partial charge in [-0.15, -0.1) is 0 Å². The molecule has 0 N–H and O–H groups in total. The second kappa shape index (κ2) is 30.4. The molecular weight excluding hydrogens is 444 g/mol. The quantitative estimate of drug-likeness (QED) is 0.0717. The average Bonchev–Trinajstić information content (AvgIpc) is 2.87. The lowest BCUT2D eigenvalue weighted by Crippen LogP contribution is -2.18. The van der Waals surface area contributed by atoms with Crippen molar-refractivity contribution in [3.8, 4) is 0 Å². The lowest BCUT2D eigenvalue weighted by Gasteiger charge is -2.15. The molecule has 0 rings (SSSR count). The van der Waals surface area contributed by atoms with Crippen molar-refractivity contribution in [2.24, 2.45) is 0 Å². The number of ether oxygens (including phenoxy) is 1. The minimum atomic E-state index is -0.263. The topological polar surface area (TPSA) is 43.4 Å². The molecule has 1 atom stereocenters. The van der Waals surface area contributed by atoms with Gasteiger partial charge in [-0.05, 0) is 19.3 Å². The lowest BCUT2D eigenvalue weighted by molar-refractivity contribution is -0.149. The van der Waals surface area contributed by atoms with Crippen LogP contribution in [0, 0.1) is 0 Å². The number of hydrogen-bond acceptors (Lipinski definition) is 3. The highest BCUT2D eigenvalue weighted by Crippen LogP contribution is 2.16. The minimum absolute atomic E-state index is 0.129. The van der Waals surface area contributed by atoms with Crippen molar-refractivity contribution in [3.63, 3.8) is 0 Å². The van der Waals surface area contributed by atoms with Crippen molar-refractivity contribution < 1.29 is 14.3 Å². The largest absolute Gasteiger partial charge is 0.462 e. The Morgan fingerprint density at radius 1 is 0.528 bits per heavy atom. The van der Waals surface area contributed by atoms with E-state index in [1.165, 1.54) is 135 Å². The number of carbonyl (C=O) groups excluding carboxylic acids is 2. The van der Waals surface area contributed by atoms with Gasteiger partial charge in [-0.2, -0.15) is 0 Å². The Morgan fingerprint density at radius 2 is 0.861 bits per heavy atom. The number of carbonyl (C=O) groups is 1. The first kappa shape index (κ1) is 35.1. The molecule has 1 unspecified atom stereocenters. The number of esters is 1. The standard InChI is InChI=1S/C33H63O3/c1-3-5-7-9-11-13-14-15-16-17-18-19-20-21-23-25-27-29-33(35)36-32(30-31-34)28-26-24-22-12-10-8-6-4-2/h32H,3-30H2,1-2H3. The predicted molar refractivity (Wildman–Crippen MR) is 156 cm³/mol. The molecule has 213 valence electrons. The highest BCUT2D eigenvalue weighted by atomic mass is 16.5. The molecule has 0 aliphatic rings. The van der Waals surface area contributed by atoms with E-state index in [9.17, 15) is 9.59 Å². The zero-order valence-electron chi connectivity index (χ0n) is 24.6. The molecular formula is C33H63O3. The van der Waals surface area contributed by atoms with Crippen molar-refractivity contribution in [1.29, 1.82) is 0 Å². The third-order valence-electron chi connectivity index (χ3n) is 7.47. The van der Waals surface area contributed by atoms with Crippen molar-refractivity contribution >= 4 is 12.3 Å². The summed E-state index contributed by atoms with van der Waals surface area (Å²) < 4.78 is 5.58. The fourth-order valence-corrected chi connectivity index (χ4v) is 5.04. The highest BCUT2D eigenvalue weighted by Gasteiger charge is 2.14. The Kier molecular flexibility index (Phi) is 29.6. The fourth-order valence-electron chi connectivity index (χ4n) is 5.04. The normalized spacial score (nSPS) is 12.1. The van der Waals surface area contributed by atoms with E-state index in [1.807, 2.05) is 6.29 Å². The van der Waals surface area contributed by atoms with E-state index in [0.29, 0.717) is 6.42 Å². The summed E-state index contributed by atoms with van der Waals surface area (Å²) in [6.07, 6.45) is 36.0.